The molecule has 1 unspecified atom stereocenters. The van der Waals surface area contributed by atoms with Crippen molar-refractivity contribution in [1.29, 1.82) is 0 Å². The number of phenols is 1. The SMILES string of the molecule is CC(Cc1ccc(OCC[N+]23CCC(CC2)[C@@H](OC[C@@](O)(c2ccccc2)C2CCCC2)C3)cc1)NC[C@H](O)c1ccc(O)c2[nH]c(=O)ccc12. The zero-order valence-corrected chi connectivity index (χ0v) is 29.8. The first kappa shape index (κ1) is 35.7. The third-order valence-electron chi connectivity index (χ3n) is 12.1. The summed E-state index contributed by atoms with van der Waals surface area (Å²) in [5, 5.41) is 37.2. The second kappa shape index (κ2) is 15.5. The van der Waals surface area contributed by atoms with Gasteiger partial charge in [0.25, 0.3) is 0 Å². The second-order valence-electron chi connectivity index (χ2n) is 15.5. The number of rotatable bonds is 15. The van der Waals surface area contributed by atoms with Gasteiger partial charge in [-0.25, -0.2) is 0 Å². The van der Waals surface area contributed by atoms with Gasteiger partial charge in [0.15, 0.2) is 0 Å². The van der Waals surface area contributed by atoms with Gasteiger partial charge < -0.3 is 39.6 Å². The van der Waals surface area contributed by atoms with Crippen LogP contribution in [0.1, 0.15) is 68.2 Å². The monoisotopic (exact) mass is 696 g/mol. The highest BCUT2D eigenvalue weighted by Gasteiger charge is 2.48. The predicted molar refractivity (Wildman–Crippen MR) is 199 cm³/mol. The van der Waals surface area contributed by atoms with Gasteiger partial charge in [0.05, 0.1) is 31.3 Å². The van der Waals surface area contributed by atoms with Gasteiger partial charge in [-0.3, -0.25) is 4.79 Å². The number of pyridine rings is 1. The summed E-state index contributed by atoms with van der Waals surface area (Å²) in [4.78, 5) is 14.4. The van der Waals surface area contributed by atoms with E-state index in [0.717, 1.165) is 48.1 Å². The van der Waals surface area contributed by atoms with Crippen LogP contribution in [-0.4, -0.2) is 82.9 Å². The van der Waals surface area contributed by atoms with Gasteiger partial charge in [-0.15, -0.1) is 0 Å². The normalized spacial score (nSPS) is 24.4. The number of aromatic nitrogens is 1. The van der Waals surface area contributed by atoms with E-state index in [1.165, 1.54) is 56.5 Å². The lowest BCUT2D eigenvalue weighted by Gasteiger charge is -2.52. The number of fused-ring (bicyclic) bond motifs is 4. The lowest BCUT2D eigenvalue weighted by molar-refractivity contribution is -0.946. The van der Waals surface area contributed by atoms with Gasteiger partial charge in [0.2, 0.25) is 5.56 Å². The van der Waals surface area contributed by atoms with Crippen LogP contribution in [0.5, 0.6) is 11.5 Å². The Balaban J connectivity index is 0.878. The van der Waals surface area contributed by atoms with E-state index in [1.54, 1.807) is 12.1 Å². The predicted octanol–water partition coefficient (Wildman–Crippen LogP) is 5.57. The molecular formula is C42H54N3O6+. The Labute approximate surface area is 300 Å². The maximum absolute atomic E-state index is 12.0. The van der Waals surface area contributed by atoms with Gasteiger partial charge in [-0.05, 0) is 73.1 Å². The van der Waals surface area contributed by atoms with Crippen molar-refractivity contribution >= 4 is 10.9 Å². The third kappa shape index (κ3) is 8.03. The van der Waals surface area contributed by atoms with E-state index in [2.05, 4.69) is 41.5 Å². The van der Waals surface area contributed by atoms with E-state index in [9.17, 15) is 20.1 Å². The van der Waals surface area contributed by atoms with Gasteiger partial charge in [0.1, 0.15) is 42.9 Å². The van der Waals surface area contributed by atoms with Crippen molar-refractivity contribution in [2.45, 2.75) is 75.7 Å². The molecule has 0 radical (unpaired) electrons. The Morgan fingerprint density at radius 3 is 2.45 bits per heavy atom. The molecule has 1 saturated carbocycles. The van der Waals surface area contributed by atoms with Crippen LogP contribution in [0.4, 0.5) is 0 Å². The standard InChI is InChI=1S/C42H53N3O6/c1-29(43-26-38(47)35-15-17-37(46)41-36(35)16-18-40(48)44-41)25-30-11-13-34(14-12-30)50-24-23-45-21-19-31(20-22-45)39(27-45)51-28-42(49,33-9-5-6-10-33)32-7-3-2-4-8-32/h2-4,7-8,11-18,29,31,33,38-39,43,47,49H,5-6,9-10,19-28H2,1H3,(H-,44,46,48)/p+1/t29?,31?,38-,39-,42+,45?/m0/s1. The van der Waals surface area contributed by atoms with Crippen LogP contribution in [-0.2, 0) is 16.8 Å². The molecule has 1 aromatic heterocycles. The van der Waals surface area contributed by atoms with Crippen LogP contribution >= 0.6 is 0 Å². The summed E-state index contributed by atoms with van der Waals surface area (Å²) in [6.45, 7) is 7.73. The number of hydrogen-bond acceptors (Lipinski definition) is 7. The minimum absolute atomic E-state index is 0.0192. The molecule has 9 nitrogen and oxygen atoms in total. The van der Waals surface area contributed by atoms with E-state index >= 15 is 0 Å². The molecule has 0 spiro atoms. The number of quaternary nitrogens is 1. The van der Waals surface area contributed by atoms with Crippen LogP contribution < -0.4 is 15.6 Å². The van der Waals surface area contributed by atoms with Crippen molar-refractivity contribution < 1.29 is 29.3 Å². The quantitative estimate of drug-likeness (QED) is 0.103. The molecule has 5 N–H and O–H groups in total. The van der Waals surface area contributed by atoms with E-state index in [0.29, 0.717) is 42.1 Å². The Morgan fingerprint density at radius 1 is 0.961 bits per heavy atom. The first-order valence-electron chi connectivity index (χ1n) is 18.9. The summed E-state index contributed by atoms with van der Waals surface area (Å²) in [7, 11) is 0. The van der Waals surface area contributed by atoms with Gasteiger partial charge in [-0.2, -0.15) is 0 Å². The average Bonchev–Trinajstić information content (AvgIpc) is 3.71. The molecular weight excluding hydrogens is 642 g/mol. The molecule has 3 aliphatic heterocycles. The van der Waals surface area contributed by atoms with Crippen LogP contribution in [0.25, 0.3) is 10.9 Å². The molecule has 4 heterocycles. The molecule has 4 aliphatic rings. The largest absolute Gasteiger partial charge is 0.506 e. The molecule has 272 valence electrons. The minimum Gasteiger partial charge on any atom is -0.506 e. The Morgan fingerprint density at radius 2 is 1.71 bits per heavy atom. The van der Waals surface area contributed by atoms with Crippen LogP contribution in [0.15, 0.2) is 83.7 Å². The van der Waals surface area contributed by atoms with Crippen molar-refractivity contribution in [3.05, 3.63) is 106 Å². The maximum Gasteiger partial charge on any atom is 0.248 e. The van der Waals surface area contributed by atoms with E-state index in [4.69, 9.17) is 9.47 Å². The highest BCUT2D eigenvalue weighted by molar-refractivity contribution is 5.87. The van der Waals surface area contributed by atoms with E-state index < -0.39 is 11.7 Å². The van der Waals surface area contributed by atoms with Gasteiger partial charge >= 0.3 is 0 Å². The summed E-state index contributed by atoms with van der Waals surface area (Å²) in [6.07, 6.45) is 6.99. The topological polar surface area (TPSA) is 124 Å². The van der Waals surface area contributed by atoms with Crippen LogP contribution in [0.3, 0.4) is 0 Å². The number of aliphatic hydroxyl groups excluding tert-OH is 1. The fourth-order valence-electron chi connectivity index (χ4n) is 9.00. The second-order valence-corrected chi connectivity index (χ2v) is 15.5. The number of nitrogens with one attached hydrogen (secondary N) is 2. The number of ether oxygens (including phenoxy) is 2. The fraction of sp³-hybridized carbons (Fsp3) is 0.500. The molecule has 8 rings (SSSR count). The first-order chi connectivity index (χ1) is 24.7. The number of nitrogens with zero attached hydrogens (tertiary/aromatic N) is 1. The van der Waals surface area contributed by atoms with Crippen molar-refractivity contribution in [2.75, 3.05) is 45.9 Å². The molecule has 9 heteroatoms. The van der Waals surface area contributed by atoms with Crippen LogP contribution in [0.2, 0.25) is 0 Å². The van der Waals surface area contributed by atoms with Crippen molar-refractivity contribution in [3.8, 4) is 11.5 Å². The molecule has 0 amide bonds. The molecule has 51 heavy (non-hydrogen) atoms. The number of hydrogen-bond donors (Lipinski definition) is 5. The van der Waals surface area contributed by atoms with E-state index in [1.807, 2.05) is 30.3 Å². The highest BCUT2D eigenvalue weighted by Crippen LogP contribution is 2.42. The molecule has 4 fully saturated rings. The summed E-state index contributed by atoms with van der Waals surface area (Å²) < 4.78 is 14.0. The number of aromatic amines is 1. The Kier molecular flexibility index (Phi) is 10.8. The zero-order valence-electron chi connectivity index (χ0n) is 29.8. The Hall–Kier alpha value is -3.73. The smallest absolute Gasteiger partial charge is 0.248 e. The lowest BCUT2D eigenvalue weighted by atomic mass is 9.80. The third-order valence-corrected chi connectivity index (χ3v) is 12.1. The molecule has 3 aromatic carbocycles. The number of aliphatic hydroxyl groups is 2. The molecule has 1 aliphatic carbocycles. The number of piperidine rings is 3. The summed E-state index contributed by atoms with van der Waals surface area (Å²) in [5.74, 6) is 1.68. The summed E-state index contributed by atoms with van der Waals surface area (Å²) in [5.41, 5.74) is 1.93. The van der Waals surface area contributed by atoms with Gasteiger partial charge in [-0.1, -0.05) is 61.4 Å². The van der Waals surface area contributed by atoms with Gasteiger partial charge in [0, 0.05) is 42.8 Å². The summed E-state index contributed by atoms with van der Waals surface area (Å²) >= 11 is 0. The van der Waals surface area contributed by atoms with Crippen molar-refractivity contribution in [2.24, 2.45) is 11.8 Å². The van der Waals surface area contributed by atoms with Crippen molar-refractivity contribution in [3.63, 3.8) is 0 Å². The average molecular weight is 697 g/mol. The summed E-state index contributed by atoms with van der Waals surface area (Å²) in [6, 6.07) is 24.8. The first-order valence-corrected chi connectivity index (χ1v) is 18.9. The van der Waals surface area contributed by atoms with Crippen LogP contribution in [0, 0.1) is 11.8 Å². The maximum atomic E-state index is 12.0. The van der Waals surface area contributed by atoms with Crippen molar-refractivity contribution in [1.82, 2.24) is 10.3 Å². The zero-order chi connectivity index (χ0) is 35.4. The minimum atomic E-state index is -0.925. The van der Waals surface area contributed by atoms with E-state index in [-0.39, 0.29) is 29.4 Å². The highest BCUT2D eigenvalue weighted by atomic mass is 16.5. The number of H-pyrrole nitrogens is 1. The Bertz CT molecular complexity index is 1800. The number of benzene rings is 3. The molecule has 4 atom stereocenters. The molecule has 2 bridgehead atoms. The lowest BCUT2D eigenvalue weighted by Crippen LogP contribution is -2.65. The fourth-order valence-corrected chi connectivity index (χ4v) is 9.00. The number of aromatic hydroxyl groups is 1. The molecule has 3 saturated heterocycles. The number of phenolic OH excluding ortho intramolecular Hbond substituents is 1. The molecule has 4 aromatic rings.